The van der Waals surface area contributed by atoms with Crippen molar-refractivity contribution in [3.63, 3.8) is 0 Å². The summed E-state index contributed by atoms with van der Waals surface area (Å²) in [6.07, 6.45) is 4.52. The SMILES string of the molecule is CCCCN(CCCC)CCOC(=O)c1c(C)ccc([N+](=O)[O-])c1C. The molecule has 0 amide bonds. The van der Waals surface area contributed by atoms with Crippen LogP contribution in [0.4, 0.5) is 5.69 Å². The molecule has 0 saturated heterocycles. The summed E-state index contributed by atoms with van der Waals surface area (Å²) in [6.45, 7) is 10.7. The van der Waals surface area contributed by atoms with Gasteiger partial charge in [0.1, 0.15) is 6.61 Å². The second kappa shape index (κ2) is 10.8. The van der Waals surface area contributed by atoms with Crippen LogP contribution in [-0.2, 0) is 4.74 Å². The number of esters is 1. The first-order valence-electron chi connectivity index (χ1n) is 9.06. The molecule has 6 nitrogen and oxygen atoms in total. The molecule has 0 saturated carbocycles. The normalized spacial score (nSPS) is 10.9. The average Bonchev–Trinajstić information content (AvgIpc) is 2.56. The minimum Gasteiger partial charge on any atom is -0.461 e. The Morgan fingerprint density at radius 2 is 1.72 bits per heavy atom. The zero-order chi connectivity index (χ0) is 18.8. The van der Waals surface area contributed by atoms with E-state index < -0.39 is 10.9 Å². The maximum atomic E-state index is 12.4. The van der Waals surface area contributed by atoms with Crippen LogP contribution in [0.3, 0.4) is 0 Å². The summed E-state index contributed by atoms with van der Waals surface area (Å²) in [5.74, 6) is -0.482. The largest absolute Gasteiger partial charge is 0.461 e. The van der Waals surface area contributed by atoms with E-state index in [2.05, 4.69) is 18.7 Å². The molecule has 0 aromatic heterocycles. The Morgan fingerprint density at radius 3 is 2.24 bits per heavy atom. The summed E-state index contributed by atoms with van der Waals surface area (Å²) in [5.41, 5.74) is 1.32. The van der Waals surface area contributed by atoms with Gasteiger partial charge in [-0.2, -0.15) is 0 Å². The highest BCUT2D eigenvalue weighted by atomic mass is 16.6. The van der Waals surface area contributed by atoms with E-state index in [4.69, 9.17) is 4.74 Å². The number of carbonyl (C=O) groups is 1. The fourth-order valence-electron chi connectivity index (χ4n) is 2.79. The highest BCUT2D eigenvalue weighted by Crippen LogP contribution is 2.25. The van der Waals surface area contributed by atoms with Gasteiger partial charge in [-0.25, -0.2) is 4.79 Å². The lowest BCUT2D eigenvalue weighted by Gasteiger charge is -2.21. The topological polar surface area (TPSA) is 72.7 Å². The molecule has 1 rings (SSSR count). The Hall–Kier alpha value is -1.95. The molecule has 1 aromatic carbocycles. The fraction of sp³-hybridized carbons (Fsp3) is 0.632. The van der Waals surface area contributed by atoms with Gasteiger partial charge in [-0.05, 0) is 45.3 Å². The van der Waals surface area contributed by atoms with E-state index in [-0.39, 0.29) is 5.69 Å². The van der Waals surface area contributed by atoms with Gasteiger partial charge in [0.2, 0.25) is 0 Å². The summed E-state index contributed by atoms with van der Waals surface area (Å²) in [7, 11) is 0. The van der Waals surface area contributed by atoms with E-state index in [1.165, 1.54) is 6.07 Å². The van der Waals surface area contributed by atoms with E-state index in [1.807, 2.05) is 0 Å². The van der Waals surface area contributed by atoms with Crippen LogP contribution in [-0.4, -0.2) is 42.0 Å². The van der Waals surface area contributed by atoms with E-state index in [9.17, 15) is 14.9 Å². The lowest BCUT2D eigenvalue weighted by molar-refractivity contribution is -0.385. The molecule has 0 fully saturated rings. The van der Waals surface area contributed by atoms with E-state index in [0.717, 1.165) is 38.8 Å². The Bertz CT molecular complexity index is 579. The minimum atomic E-state index is -0.482. The highest BCUT2D eigenvalue weighted by molar-refractivity contribution is 5.93. The molecule has 0 unspecified atom stereocenters. The van der Waals surface area contributed by atoms with Crippen LogP contribution in [0.1, 0.15) is 61.0 Å². The maximum absolute atomic E-state index is 12.4. The summed E-state index contributed by atoms with van der Waals surface area (Å²) in [4.78, 5) is 25.3. The zero-order valence-electron chi connectivity index (χ0n) is 15.8. The lowest BCUT2D eigenvalue weighted by Crippen LogP contribution is -2.30. The number of hydrogen-bond donors (Lipinski definition) is 0. The minimum absolute atomic E-state index is 0.0509. The van der Waals surface area contributed by atoms with Gasteiger partial charge in [0, 0.05) is 18.2 Å². The van der Waals surface area contributed by atoms with Crippen molar-refractivity contribution < 1.29 is 14.5 Å². The number of nitro benzene ring substituents is 1. The summed E-state index contributed by atoms with van der Waals surface area (Å²) in [6, 6.07) is 3.02. The van der Waals surface area contributed by atoms with Crippen molar-refractivity contribution in [2.45, 2.75) is 53.4 Å². The molecule has 140 valence electrons. The Balaban J connectivity index is 2.69. The first-order chi connectivity index (χ1) is 11.9. The second-order valence-electron chi connectivity index (χ2n) is 6.34. The predicted molar refractivity (Wildman–Crippen MR) is 99.1 cm³/mol. The number of benzene rings is 1. The second-order valence-corrected chi connectivity index (χ2v) is 6.34. The van der Waals surface area contributed by atoms with Gasteiger partial charge in [0.25, 0.3) is 5.69 Å². The van der Waals surface area contributed by atoms with Crippen molar-refractivity contribution in [2.75, 3.05) is 26.2 Å². The predicted octanol–water partition coefficient (Wildman–Crippen LogP) is 4.27. The van der Waals surface area contributed by atoms with Crippen LogP contribution in [0.5, 0.6) is 0 Å². The Morgan fingerprint density at radius 1 is 1.12 bits per heavy atom. The van der Waals surface area contributed by atoms with Gasteiger partial charge in [-0.3, -0.25) is 15.0 Å². The molecule has 0 spiro atoms. The van der Waals surface area contributed by atoms with Crippen LogP contribution in [0.2, 0.25) is 0 Å². The smallest absolute Gasteiger partial charge is 0.338 e. The van der Waals surface area contributed by atoms with Crippen LogP contribution in [0.25, 0.3) is 0 Å². The molecule has 0 heterocycles. The number of rotatable bonds is 11. The zero-order valence-corrected chi connectivity index (χ0v) is 15.8. The van der Waals surface area contributed by atoms with Crippen molar-refractivity contribution in [1.82, 2.24) is 4.90 Å². The number of nitro groups is 1. The fourth-order valence-corrected chi connectivity index (χ4v) is 2.79. The van der Waals surface area contributed by atoms with Gasteiger partial charge in [0.05, 0.1) is 10.5 Å². The Labute approximate surface area is 150 Å². The van der Waals surface area contributed by atoms with Gasteiger partial charge >= 0.3 is 5.97 Å². The summed E-state index contributed by atoms with van der Waals surface area (Å²) in [5, 5.41) is 11.1. The molecule has 0 N–H and O–H groups in total. The first-order valence-corrected chi connectivity index (χ1v) is 9.06. The van der Waals surface area contributed by atoms with Crippen molar-refractivity contribution in [2.24, 2.45) is 0 Å². The molecule has 0 bridgehead atoms. The van der Waals surface area contributed by atoms with E-state index >= 15 is 0 Å². The van der Waals surface area contributed by atoms with Gasteiger partial charge in [-0.15, -0.1) is 0 Å². The molecular weight excluding hydrogens is 320 g/mol. The van der Waals surface area contributed by atoms with Crippen LogP contribution in [0.15, 0.2) is 12.1 Å². The molecular formula is C19H30N2O4. The number of hydrogen-bond acceptors (Lipinski definition) is 5. The van der Waals surface area contributed by atoms with Crippen LogP contribution >= 0.6 is 0 Å². The average molecular weight is 350 g/mol. The molecule has 25 heavy (non-hydrogen) atoms. The molecule has 6 heteroatoms. The summed E-state index contributed by atoms with van der Waals surface area (Å²) < 4.78 is 5.41. The van der Waals surface area contributed by atoms with Crippen LogP contribution in [0, 0.1) is 24.0 Å². The molecule has 0 aliphatic carbocycles. The third-order valence-electron chi connectivity index (χ3n) is 4.34. The summed E-state index contributed by atoms with van der Waals surface area (Å²) >= 11 is 0. The standard InChI is InChI=1S/C19H30N2O4/c1-5-7-11-20(12-8-6-2)13-14-25-19(22)18-15(3)9-10-17(16(18)4)21(23)24/h9-10H,5-8,11-14H2,1-4H3. The lowest BCUT2D eigenvalue weighted by atomic mass is 10.0. The number of nitrogens with zero attached hydrogens (tertiary/aromatic N) is 2. The number of carbonyl (C=O) groups excluding carboxylic acids is 1. The molecule has 0 aliphatic rings. The quantitative estimate of drug-likeness (QED) is 0.338. The van der Waals surface area contributed by atoms with Crippen molar-refractivity contribution in [3.8, 4) is 0 Å². The van der Waals surface area contributed by atoms with E-state index in [0.29, 0.717) is 29.8 Å². The number of aryl methyl sites for hydroxylation is 1. The number of unbranched alkanes of at least 4 members (excludes halogenated alkanes) is 2. The van der Waals surface area contributed by atoms with Gasteiger partial charge in [-0.1, -0.05) is 32.8 Å². The van der Waals surface area contributed by atoms with Crippen LogP contribution < -0.4 is 0 Å². The molecule has 1 aromatic rings. The van der Waals surface area contributed by atoms with E-state index in [1.54, 1.807) is 19.9 Å². The van der Waals surface area contributed by atoms with Crippen molar-refractivity contribution in [3.05, 3.63) is 38.9 Å². The third kappa shape index (κ3) is 6.46. The molecule has 0 atom stereocenters. The highest BCUT2D eigenvalue weighted by Gasteiger charge is 2.21. The van der Waals surface area contributed by atoms with Crippen molar-refractivity contribution >= 4 is 11.7 Å². The van der Waals surface area contributed by atoms with Crippen molar-refractivity contribution in [1.29, 1.82) is 0 Å². The Kier molecular flexibility index (Phi) is 9.13. The third-order valence-corrected chi connectivity index (χ3v) is 4.34. The molecule has 0 radical (unpaired) electrons. The van der Waals surface area contributed by atoms with Gasteiger partial charge < -0.3 is 4.74 Å². The molecule has 0 aliphatic heterocycles. The first kappa shape index (κ1) is 21.1. The monoisotopic (exact) mass is 350 g/mol. The van der Waals surface area contributed by atoms with Gasteiger partial charge in [0.15, 0.2) is 0 Å². The number of ether oxygens (including phenoxy) is 1. The maximum Gasteiger partial charge on any atom is 0.338 e.